The minimum Gasteiger partial charge on any atom is -0.484 e. The molecule has 156 valence electrons. The van der Waals surface area contributed by atoms with Crippen LogP contribution in [0.5, 0.6) is 5.75 Å². The maximum atomic E-state index is 13.0. The van der Waals surface area contributed by atoms with Crippen LogP contribution in [0.2, 0.25) is 5.02 Å². The standard InChI is InChI=1S/C23H29ClN2O3/c1-5-17(3)25-23(28)18(4)26(14-19-10-7-6-9-16(19)2)22(27)15-29-21-12-8-11-20(24)13-21/h6-13,17-18H,5,14-15H2,1-4H3,(H,25,28)/t17-,18+/m0/s1. The van der Waals surface area contributed by atoms with Gasteiger partial charge in [-0.25, -0.2) is 0 Å². The first kappa shape index (κ1) is 22.8. The molecule has 2 amide bonds. The van der Waals surface area contributed by atoms with Crippen LogP contribution in [0.25, 0.3) is 0 Å². The van der Waals surface area contributed by atoms with Gasteiger partial charge in [0.1, 0.15) is 11.8 Å². The van der Waals surface area contributed by atoms with E-state index in [9.17, 15) is 9.59 Å². The van der Waals surface area contributed by atoms with E-state index in [-0.39, 0.29) is 24.5 Å². The second-order valence-electron chi connectivity index (χ2n) is 7.19. The number of benzene rings is 2. The van der Waals surface area contributed by atoms with Crippen molar-refractivity contribution >= 4 is 23.4 Å². The van der Waals surface area contributed by atoms with E-state index in [0.29, 0.717) is 17.3 Å². The summed E-state index contributed by atoms with van der Waals surface area (Å²) in [4.78, 5) is 27.3. The maximum absolute atomic E-state index is 13.0. The van der Waals surface area contributed by atoms with Crippen LogP contribution in [0, 0.1) is 6.92 Å². The van der Waals surface area contributed by atoms with Crippen molar-refractivity contribution in [3.8, 4) is 5.75 Å². The predicted molar refractivity (Wildman–Crippen MR) is 116 cm³/mol. The highest BCUT2D eigenvalue weighted by atomic mass is 35.5. The van der Waals surface area contributed by atoms with E-state index < -0.39 is 6.04 Å². The molecule has 2 rings (SSSR count). The van der Waals surface area contributed by atoms with Crippen LogP contribution in [0.1, 0.15) is 38.3 Å². The molecule has 0 radical (unpaired) electrons. The molecule has 2 aromatic carbocycles. The second-order valence-corrected chi connectivity index (χ2v) is 7.62. The van der Waals surface area contributed by atoms with E-state index >= 15 is 0 Å². The van der Waals surface area contributed by atoms with Crippen molar-refractivity contribution in [2.75, 3.05) is 6.61 Å². The average molecular weight is 417 g/mol. The van der Waals surface area contributed by atoms with Crippen molar-refractivity contribution in [3.05, 3.63) is 64.7 Å². The van der Waals surface area contributed by atoms with Gasteiger partial charge in [-0.15, -0.1) is 0 Å². The van der Waals surface area contributed by atoms with Gasteiger partial charge in [0, 0.05) is 17.6 Å². The Bertz CT molecular complexity index is 840. The highest BCUT2D eigenvalue weighted by Gasteiger charge is 2.27. The molecule has 0 aliphatic heterocycles. The zero-order valence-corrected chi connectivity index (χ0v) is 18.2. The molecule has 2 atom stereocenters. The van der Waals surface area contributed by atoms with Crippen LogP contribution >= 0.6 is 11.6 Å². The molecule has 5 nitrogen and oxygen atoms in total. The summed E-state index contributed by atoms with van der Waals surface area (Å²) >= 11 is 5.97. The molecule has 0 bridgehead atoms. The van der Waals surface area contributed by atoms with Gasteiger partial charge >= 0.3 is 0 Å². The normalized spacial score (nSPS) is 12.7. The number of nitrogens with one attached hydrogen (secondary N) is 1. The van der Waals surface area contributed by atoms with Crippen molar-refractivity contribution in [1.29, 1.82) is 0 Å². The van der Waals surface area contributed by atoms with Crippen molar-refractivity contribution in [1.82, 2.24) is 10.2 Å². The molecule has 0 heterocycles. The number of halogens is 1. The van der Waals surface area contributed by atoms with Gasteiger partial charge in [-0.3, -0.25) is 9.59 Å². The molecule has 0 aliphatic carbocycles. The van der Waals surface area contributed by atoms with Crippen LogP contribution in [0.3, 0.4) is 0 Å². The molecule has 0 fully saturated rings. The highest BCUT2D eigenvalue weighted by Crippen LogP contribution is 2.18. The lowest BCUT2D eigenvalue weighted by molar-refractivity contribution is -0.142. The van der Waals surface area contributed by atoms with Gasteiger partial charge in [0.2, 0.25) is 5.91 Å². The van der Waals surface area contributed by atoms with Gasteiger partial charge in [-0.1, -0.05) is 48.9 Å². The second kappa shape index (κ2) is 10.9. The minimum absolute atomic E-state index is 0.0445. The fourth-order valence-electron chi connectivity index (χ4n) is 2.80. The molecule has 2 aromatic rings. The third kappa shape index (κ3) is 6.79. The van der Waals surface area contributed by atoms with Gasteiger partial charge in [0.15, 0.2) is 6.61 Å². The molecule has 0 saturated heterocycles. The Labute approximate surface area is 178 Å². The third-order valence-electron chi connectivity index (χ3n) is 4.93. The lowest BCUT2D eigenvalue weighted by Crippen LogP contribution is -2.50. The Morgan fingerprint density at radius 2 is 1.86 bits per heavy atom. The number of aryl methyl sites for hydroxylation is 1. The van der Waals surface area contributed by atoms with Crippen LogP contribution in [0.15, 0.2) is 48.5 Å². The van der Waals surface area contributed by atoms with Crippen LogP contribution in [-0.4, -0.2) is 35.4 Å². The minimum atomic E-state index is -0.626. The van der Waals surface area contributed by atoms with Gasteiger partial charge in [-0.2, -0.15) is 0 Å². The largest absolute Gasteiger partial charge is 0.484 e. The number of hydrogen-bond donors (Lipinski definition) is 1. The molecule has 0 spiro atoms. The monoisotopic (exact) mass is 416 g/mol. The van der Waals surface area contributed by atoms with Gasteiger partial charge < -0.3 is 15.0 Å². The Hall–Kier alpha value is -2.53. The zero-order chi connectivity index (χ0) is 21.4. The molecule has 0 aromatic heterocycles. The van der Waals surface area contributed by atoms with E-state index in [1.807, 2.05) is 45.0 Å². The van der Waals surface area contributed by atoms with Gasteiger partial charge in [-0.05, 0) is 56.5 Å². The maximum Gasteiger partial charge on any atom is 0.261 e. The lowest BCUT2D eigenvalue weighted by Gasteiger charge is -2.30. The van der Waals surface area contributed by atoms with Crippen molar-refractivity contribution in [2.24, 2.45) is 0 Å². The van der Waals surface area contributed by atoms with E-state index in [1.165, 1.54) is 0 Å². The van der Waals surface area contributed by atoms with Gasteiger partial charge in [0.05, 0.1) is 0 Å². The first-order chi connectivity index (χ1) is 13.8. The fourth-order valence-corrected chi connectivity index (χ4v) is 2.98. The third-order valence-corrected chi connectivity index (χ3v) is 5.16. The number of rotatable bonds is 9. The Kier molecular flexibility index (Phi) is 8.52. The van der Waals surface area contributed by atoms with Crippen molar-refractivity contribution in [2.45, 2.75) is 52.7 Å². The summed E-state index contributed by atoms with van der Waals surface area (Å²) in [6.07, 6.45) is 0.822. The number of hydrogen-bond acceptors (Lipinski definition) is 3. The Morgan fingerprint density at radius 3 is 2.52 bits per heavy atom. The fraction of sp³-hybridized carbons (Fsp3) is 0.391. The molecule has 6 heteroatoms. The quantitative estimate of drug-likeness (QED) is 0.660. The molecule has 29 heavy (non-hydrogen) atoms. The highest BCUT2D eigenvalue weighted by molar-refractivity contribution is 6.30. The number of nitrogens with zero attached hydrogens (tertiary/aromatic N) is 1. The zero-order valence-electron chi connectivity index (χ0n) is 17.4. The first-order valence-electron chi connectivity index (χ1n) is 9.84. The summed E-state index contributed by atoms with van der Waals surface area (Å²) in [6.45, 7) is 7.84. The van der Waals surface area contributed by atoms with Gasteiger partial charge in [0.25, 0.3) is 5.91 Å². The summed E-state index contributed by atoms with van der Waals surface area (Å²) in [6, 6.07) is 14.1. The molecule has 0 unspecified atom stereocenters. The summed E-state index contributed by atoms with van der Waals surface area (Å²) in [5.41, 5.74) is 2.06. The number of carbonyl (C=O) groups excluding carboxylic acids is 2. The van der Waals surface area contributed by atoms with Crippen LogP contribution in [-0.2, 0) is 16.1 Å². The van der Waals surface area contributed by atoms with E-state index in [4.69, 9.17) is 16.3 Å². The van der Waals surface area contributed by atoms with Crippen LogP contribution < -0.4 is 10.1 Å². The molecule has 1 N–H and O–H groups in total. The average Bonchev–Trinajstić information content (AvgIpc) is 2.70. The molecular weight excluding hydrogens is 388 g/mol. The summed E-state index contributed by atoms with van der Waals surface area (Å²) in [5.74, 6) is 0.0717. The van der Waals surface area contributed by atoms with Crippen LogP contribution in [0.4, 0.5) is 0 Å². The topological polar surface area (TPSA) is 58.6 Å². The smallest absolute Gasteiger partial charge is 0.261 e. The number of carbonyl (C=O) groups is 2. The van der Waals surface area contributed by atoms with E-state index in [2.05, 4.69) is 5.32 Å². The molecule has 0 aliphatic rings. The first-order valence-corrected chi connectivity index (χ1v) is 10.2. The Morgan fingerprint density at radius 1 is 1.14 bits per heavy atom. The van der Waals surface area contributed by atoms with Crippen molar-refractivity contribution < 1.29 is 14.3 Å². The summed E-state index contributed by atoms with van der Waals surface area (Å²) in [5, 5.41) is 3.49. The Balaban J connectivity index is 2.17. The number of ether oxygens (including phenoxy) is 1. The van der Waals surface area contributed by atoms with Crippen molar-refractivity contribution in [3.63, 3.8) is 0 Å². The predicted octanol–water partition coefficient (Wildman–Crippen LogP) is 4.36. The van der Waals surface area contributed by atoms with E-state index in [1.54, 1.807) is 36.1 Å². The number of amides is 2. The summed E-state index contributed by atoms with van der Waals surface area (Å²) in [7, 11) is 0. The van der Waals surface area contributed by atoms with E-state index in [0.717, 1.165) is 17.5 Å². The SMILES string of the molecule is CC[C@H](C)NC(=O)[C@@H](C)N(Cc1ccccc1C)C(=O)COc1cccc(Cl)c1. The lowest BCUT2D eigenvalue weighted by atomic mass is 10.1. The molecule has 0 saturated carbocycles. The molecular formula is C23H29ClN2O3. The summed E-state index contributed by atoms with van der Waals surface area (Å²) < 4.78 is 5.62.